The summed E-state index contributed by atoms with van der Waals surface area (Å²) < 4.78 is 6.45. The summed E-state index contributed by atoms with van der Waals surface area (Å²) in [7, 11) is 0. The van der Waals surface area contributed by atoms with E-state index in [1.54, 1.807) is 0 Å². The molecular weight excluding hydrogens is 372 g/mol. The second-order valence-corrected chi connectivity index (χ2v) is 11.8. The van der Waals surface area contributed by atoms with E-state index in [2.05, 4.69) is 27.7 Å². The Morgan fingerprint density at radius 1 is 1.20 bits per heavy atom. The van der Waals surface area contributed by atoms with E-state index >= 15 is 0 Å². The van der Waals surface area contributed by atoms with Crippen LogP contribution in [-0.2, 0) is 14.3 Å². The molecule has 0 aromatic heterocycles. The third kappa shape index (κ3) is 4.02. The van der Waals surface area contributed by atoms with Gasteiger partial charge in [-0.05, 0) is 88.0 Å². The van der Waals surface area contributed by atoms with Crippen LogP contribution in [0, 0.1) is 34.5 Å². The fraction of sp³-hybridized carbons (Fsp3) is 0.852. The zero-order valence-electron chi connectivity index (χ0n) is 19.7. The normalized spacial score (nSPS) is 38.3. The van der Waals surface area contributed by atoms with E-state index in [9.17, 15) is 9.59 Å². The molecule has 3 nitrogen and oxygen atoms in total. The van der Waals surface area contributed by atoms with E-state index < -0.39 is 5.41 Å². The molecule has 3 saturated carbocycles. The molecule has 0 saturated heterocycles. The molecule has 3 fully saturated rings. The van der Waals surface area contributed by atoms with Gasteiger partial charge in [-0.3, -0.25) is 9.59 Å². The summed E-state index contributed by atoms with van der Waals surface area (Å²) in [5.41, 5.74) is 1.27. The van der Waals surface area contributed by atoms with Crippen LogP contribution in [0.3, 0.4) is 0 Å². The molecule has 0 bridgehead atoms. The van der Waals surface area contributed by atoms with E-state index in [4.69, 9.17) is 4.74 Å². The van der Waals surface area contributed by atoms with E-state index in [0.29, 0.717) is 35.4 Å². The number of hydrogen-bond donors (Lipinski definition) is 0. The number of carbonyl (C=O) groups is 2. The van der Waals surface area contributed by atoms with Crippen LogP contribution in [0.15, 0.2) is 11.6 Å². The van der Waals surface area contributed by atoms with Gasteiger partial charge in [-0.2, -0.15) is 0 Å². The summed E-state index contributed by atoms with van der Waals surface area (Å²) in [6, 6.07) is 0. The molecule has 168 valence electrons. The van der Waals surface area contributed by atoms with Crippen molar-refractivity contribution in [3.8, 4) is 0 Å². The summed E-state index contributed by atoms with van der Waals surface area (Å²) in [6.45, 7) is 8.80. The number of rotatable bonds is 6. The van der Waals surface area contributed by atoms with Crippen LogP contribution in [0.2, 0.25) is 0 Å². The molecule has 0 radical (unpaired) electrons. The van der Waals surface area contributed by atoms with E-state index in [1.807, 2.05) is 6.08 Å². The van der Waals surface area contributed by atoms with Crippen LogP contribution in [0.4, 0.5) is 0 Å². The average Bonchev–Trinajstić information content (AvgIpc) is 3.08. The van der Waals surface area contributed by atoms with Gasteiger partial charge in [0.2, 0.25) is 0 Å². The molecule has 0 spiro atoms. The highest BCUT2D eigenvalue weighted by atomic mass is 16.5. The number of fused-ring (bicyclic) bond motifs is 5. The van der Waals surface area contributed by atoms with E-state index in [1.165, 1.54) is 44.1 Å². The molecule has 30 heavy (non-hydrogen) atoms. The standard InChI is InChI=1S/C27H42O3/c1-5-6-7-14-26(2,3)25(29)30-23-17-27(4)15-8-9-22(27)21-12-10-18-16-19(28)11-13-20(18)24(21)23/h16,20-24H,5-15,17H2,1-4H3/t20-,21-,22-,23-,24+,27-/m0/s1. The molecule has 0 heterocycles. The van der Waals surface area contributed by atoms with Crippen molar-refractivity contribution in [3.63, 3.8) is 0 Å². The number of unbranched alkanes of at least 4 members (excludes halogenated alkanes) is 2. The second kappa shape index (κ2) is 8.43. The van der Waals surface area contributed by atoms with Crippen LogP contribution < -0.4 is 0 Å². The Bertz CT molecular complexity index is 705. The third-order valence-electron chi connectivity index (χ3n) is 9.24. The summed E-state index contributed by atoms with van der Waals surface area (Å²) in [5.74, 6) is 2.60. The van der Waals surface area contributed by atoms with Gasteiger partial charge in [0.15, 0.2) is 5.78 Å². The lowest BCUT2D eigenvalue weighted by Crippen LogP contribution is -2.53. The predicted octanol–water partition coefficient (Wildman–Crippen LogP) is 6.65. The van der Waals surface area contributed by atoms with E-state index in [-0.39, 0.29) is 12.1 Å². The van der Waals surface area contributed by atoms with Crippen LogP contribution in [0.1, 0.15) is 105 Å². The van der Waals surface area contributed by atoms with Crippen LogP contribution in [0.5, 0.6) is 0 Å². The van der Waals surface area contributed by atoms with Crippen molar-refractivity contribution < 1.29 is 14.3 Å². The second-order valence-electron chi connectivity index (χ2n) is 11.8. The van der Waals surface area contributed by atoms with Gasteiger partial charge in [0.05, 0.1) is 5.41 Å². The Morgan fingerprint density at radius 2 is 2.00 bits per heavy atom. The average molecular weight is 415 g/mol. The maximum absolute atomic E-state index is 13.3. The van der Waals surface area contributed by atoms with Gasteiger partial charge in [0.25, 0.3) is 0 Å². The number of ketones is 1. The number of esters is 1. The minimum absolute atomic E-state index is 0.00499. The lowest BCUT2D eigenvalue weighted by atomic mass is 9.51. The molecule has 4 aliphatic carbocycles. The lowest BCUT2D eigenvalue weighted by molar-refractivity contribution is -0.178. The first-order chi connectivity index (χ1) is 14.2. The summed E-state index contributed by atoms with van der Waals surface area (Å²) >= 11 is 0. The van der Waals surface area contributed by atoms with Gasteiger partial charge in [-0.25, -0.2) is 0 Å². The molecule has 0 N–H and O–H groups in total. The number of allylic oxidation sites excluding steroid dienone is 1. The highest BCUT2D eigenvalue weighted by molar-refractivity contribution is 5.91. The molecule has 4 aliphatic rings. The largest absolute Gasteiger partial charge is 0.462 e. The topological polar surface area (TPSA) is 43.4 Å². The molecule has 6 atom stereocenters. The molecule has 0 unspecified atom stereocenters. The lowest BCUT2D eigenvalue weighted by Gasteiger charge is -2.55. The Labute approximate surface area is 183 Å². The van der Waals surface area contributed by atoms with Crippen molar-refractivity contribution in [1.82, 2.24) is 0 Å². The Kier molecular flexibility index (Phi) is 6.21. The maximum atomic E-state index is 13.3. The van der Waals surface area contributed by atoms with Crippen LogP contribution >= 0.6 is 0 Å². The first kappa shape index (κ1) is 22.1. The van der Waals surface area contributed by atoms with Crippen LogP contribution in [0.25, 0.3) is 0 Å². The Hall–Kier alpha value is -1.12. The van der Waals surface area contributed by atoms with E-state index in [0.717, 1.165) is 38.0 Å². The number of carbonyl (C=O) groups excluding carboxylic acids is 2. The van der Waals surface area contributed by atoms with Crippen LogP contribution in [-0.4, -0.2) is 17.9 Å². The smallest absolute Gasteiger partial charge is 0.311 e. The fourth-order valence-electron chi connectivity index (χ4n) is 7.57. The first-order valence-electron chi connectivity index (χ1n) is 12.7. The molecule has 4 rings (SSSR count). The Balaban J connectivity index is 1.57. The Morgan fingerprint density at radius 3 is 2.77 bits per heavy atom. The minimum Gasteiger partial charge on any atom is -0.462 e. The molecule has 3 heteroatoms. The highest BCUT2D eigenvalue weighted by Gasteiger charge is 2.57. The predicted molar refractivity (Wildman–Crippen MR) is 120 cm³/mol. The van der Waals surface area contributed by atoms with Crippen molar-refractivity contribution in [2.75, 3.05) is 0 Å². The number of ether oxygens (including phenoxy) is 1. The zero-order valence-corrected chi connectivity index (χ0v) is 19.7. The van der Waals surface area contributed by atoms with Gasteiger partial charge < -0.3 is 4.74 Å². The summed E-state index contributed by atoms with van der Waals surface area (Å²) in [6.07, 6.45) is 15.2. The van der Waals surface area contributed by atoms with Crippen molar-refractivity contribution in [2.24, 2.45) is 34.5 Å². The van der Waals surface area contributed by atoms with Crippen molar-refractivity contribution in [3.05, 3.63) is 11.6 Å². The highest BCUT2D eigenvalue weighted by Crippen LogP contribution is 2.62. The van der Waals surface area contributed by atoms with Gasteiger partial charge in [0.1, 0.15) is 6.10 Å². The van der Waals surface area contributed by atoms with Crippen molar-refractivity contribution in [2.45, 2.75) is 111 Å². The number of hydrogen-bond acceptors (Lipinski definition) is 3. The van der Waals surface area contributed by atoms with Gasteiger partial charge in [-0.15, -0.1) is 0 Å². The first-order valence-corrected chi connectivity index (χ1v) is 12.7. The summed E-state index contributed by atoms with van der Waals surface area (Å²) in [5, 5.41) is 0. The quantitative estimate of drug-likeness (QED) is 0.361. The fourth-order valence-corrected chi connectivity index (χ4v) is 7.57. The maximum Gasteiger partial charge on any atom is 0.311 e. The SMILES string of the molecule is CCCCCC(C)(C)C(=O)O[C@H]1C[C@]2(C)CCC[C@H]2[C@@H]2CCC3=CC(=O)CC[C@@H]3[C@H]21. The van der Waals surface area contributed by atoms with Crippen molar-refractivity contribution in [1.29, 1.82) is 0 Å². The molecule has 0 aliphatic heterocycles. The minimum atomic E-state index is -0.409. The molecular formula is C27H42O3. The third-order valence-corrected chi connectivity index (χ3v) is 9.24. The molecule has 0 aromatic rings. The van der Waals surface area contributed by atoms with Gasteiger partial charge in [0, 0.05) is 12.3 Å². The monoisotopic (exact) mass is 414 g/mol. The molecule has 0 aromatic carbocycles. The van der Waals surface area contributed by atoms with Crippen molar-refractivity contribution >= 4 is 11.8 Å². The summed E-state index contributed by atoms with van der Waals surface area (Å²) in [4.78, 5) is 25.4. The van der Waals surface area contributed by atoms with Gasteiger partial charge >= 0.3 is 5.97 Å². The molecule has 0 amide bonds. The van der Waals surface area contributed by atoms with Gasteiger partial charge in [-0.1, -0.05) is 45.1 Å². The zero-order chi connectivity index (χ0) is 21.5.